The first-order valence-corrected chi connectivity index (χ1v) is 20.9. The van der Waals surface area contributed by atoms with Crippen LogP contribution in [0.25, 0.3) is 0 Å². The normalized spacial score (nSPS) is 47.2. The van der Waals surface area contributed by atoms with E-state index in [4.69, 9.17) is 10.5 Å². The van der Waals surface area contributed by atoms with Crippen LogP contribution in [0, 0.1) is 52.3 Å². The zero-order chi connectivity index (χ0) is 36.9. The summed E-state index contributed by atoms with van der Waals surface area (Å²) in [5.74, 6) is -0.0195. The van der Waals surface area contributed by atoms with Crippen LogP contribution in [-0.2, 0) is 9.53 Å². The second kappa shape index (κ2) is 15.3. The number of allylic oxidation sites excluding steroid dienone is 1. The Balaban J connectivity index is 1.31. The molecule has 6 rings (SSSR count). The molecule has 2 saturated heterocycles. The van der Waals surface area contributed by atoms with E-state index >= 15 is 0 Å². The number of piperidine rings is 1. The molecule has 0 aromatic carbocycles. The molecule has 0 radical (unpaired) electrons. The van der Waals surface area contributed by atoms with Gasteiger partial charge in [-0.1, -0.05) is 46.5 Å². The summed E-state index contributed by atoms with van der Waals surface area (Å²) in [6, 6.07) is 0. The summed E-state index contributed by atoms with van der Waals surface area (Å²) in [4.78, 5) is 14.4. The predicted octanol–water partition coefficient (Wildman–Crippen LogP) is 1.36. The van der Waals surface area contributed by atoms with E-state index in [9.17, 15) is 30.3 Å². The van der Waals surface area contributed by atoms with Gasteiger partial charge in [-0.2, -0.15) is 0 Å². The number of quaternary nitrogens is 2. The van der Waals surface area contributed by atoms with Gasteiger partial charge >= 0.3 is 0 Å². The molecule has 51 heavy (non-hydrogen) atoms. The highest BCUT2D eigenvalue weighted by Gasteiger charge is 2.72. The summed E-state index contributed by atoms with van der Waals surface area (Å²) in [5, 5.41) is 64.4. The van der Waals surface area contributed by atoms with E-state index in [1.807, 2.05) is 0 Å². The van der Waals surface area contributed by atoms with Crippen LogP contribution in [0.2, 0.25) is 0 Å². The number of carbonyl (C=O) groups is 1. The van der Waals surface area contributed by atoms with E-state index < -0.39 is 58.3 Å². The number of hydrogen-bond donors (Lipinski definition) is 8. The minimum atomic E-state index is -1.52. The van der Waals surface area contributed by atoms with E-state index in [-0.39, 0.29) is 36.1 Å². The first-order valence-electron chi connectivity index (χ1n) is 20.9. The number of ketones is 1. The van der Waals surface area contributed by atoms with Crippen molar-refractivity contribution in [2.45, 2.75) is 159 Å². The first kappa shape index (κ1) is 39.7. The Morgan fingerprint density at radius 1 is 1.12 bits per heavy atom. The molecule has 0 bridgehead atoms. The number of nitrogens with two attached hydrogens (primary N) is 3. The molecule has 0 aromatic heterocycles. The number of unbranched alkanes of at least 4 members (excludes halogenated alkanes) is 3. The SMILES string of the molecule is CCCCCCC1COC(C(O)C(C)(O)C2CCC3(O)C4=CC(=O)C5CC(O)C(O)CC5(CCC5CCC(N)[NH2+]C5)C4C(C[NH2+]C)CC23C)C1C. The number of aliphatic hydroxyl groups is 5. The van der Waals surface area contributed by atoms with Crippen LogP contribution in [0.15, 0.2) is 11.6 Å². The van der Waals surface area contributed by atoms with E-state index in [1.165, 1.54) is 19.3 Å². The fourth-order valence-electron chi connectivity index (χ4n) is 13.1. The van der Waals surface area contributed by atoms with Crippen molar-refractivity contribution < 1.29 is 45.7 Å². The zero-order valence-corrected chi connectivity index (χ0v) is 32.3. The number of carbonyl (C=O) groups excluding carboxylic acids is 1. The Labute approximate surface area is 306 Å². The molecule has 11 N–H and O–H groups in total. The standard InChI is InChI=1S/C41H71N3O7/c1-6-7-8-9-10-26-23-51-36(24(26)2)37(48)39(4,49)33-14-16-41(50)29-18-30(45)28-17-31(46)32(47)20-40(28,15-13-25-11-12-34(42)44-21-25)35(29)27(22-43-5)19-38(33,41)3/h18,24-28,31-37,43-44,46-50H,6-17,19-23,42H2,1-5H3/p+2. The van der Waals surface area contributed by atoms with Gasteiger partial charge in [0, 0.05) is 29.6 Å². The molecule has 2 aliphatic heterocycles. The highest BCUT2D eigenvalue weighted by Crippen LogP contribution is 2.71. The third-order valence-corrected chi connectivity index (χ3v) is 16.0. The predicted molar refractivity (Wildman–Crippen MR) is 195 cm³/mol. The molecule has 292 valence electrons. The second-order valence-corrected chi connectivity index (χ2v) is 18.9. The van der Waals surface area contributed by atoms with Gasteiger partial charge in [-0.05, 0) is 105 Å². The van der Waals surface area contributed by atoms with Crippen molar-refractivity contribution in [3.05, 3.63) is 11.6 Å². The second-order valence-electron chi connectivity index (χ2n) is 18.9. The number of aliphatic hydroxyl groups excluding tert-OH is 3. The lowest BCUT2D eigenvalue weighted by molar-refractivity contribution is -0.703. The third-order valence-electron chi connectivity index (χ3n) is 16.0. The number of rotatable bonds is 13. The minimum Gasteiger partial charge on any atom is -0.390 e. The van der Waals surface area contributed by atoms with Crippen molar-refractivity contribution in [3.8, 4) is 0 Å². The molecule has 2 heterocycles. The maximum atomic E-state index is 14.4. The van der Waals surface area contributed by atoms with Crippen LogP contribution in [-0.4, -0.2) is 99.8 Å². The van der Waals surface area contributed by atoms with Crippen LogP contribution < -0.4 is 16.4 Å². The van der Waals surface area contributed by atoms with Gasteiger partial charge in [0.25, 0.3) is 0 Å². The number of ether oxygens (including phenoxy) is 1. The molecule has 16 unspecified atom stereocenters. The molecule has 0 spiro atoms. The molecule has 10 heteroatoms. The monoisotopic (exact) mass is 720 g/mol. The quantitative estimate of drug-likeness (QED) is 0.131. The first-order chi connectivity index (χ1) is 24.1. The molecular formula is C41H73N3O7+2. The van der Waals surface area contributed by atoms with Gasteiger partial charge in [0.1, 0.15) is 12.3 Å². The Kier molecular flexibility index (Phi) is 11.9. The van der Waals surface area contributed by atoms with Crippen LogP contribution in [0.4, 0.5) is 0 Å². The van der Waals surface area contributed by atoms with Crippen LogP contribution in [0.1, 0.15) is 118 Å². The topological polar surface area (TPSA) is 187 Å². The molecule has 0 amide bonds. The van der Waals surface area contributed by atoms with E-state index in [0.717, 1.165) is 57.2 Å². The Morgan fingerprint density at radius 3 is 2.57 bits per heavy atom. The highest BCUT2D eigenvalue weighted by molar-refractivity contribution is 5.95. The maximum absolute atomic E-state index is 14.4. The van der Waals surface area contributed by atoms with Gasteiger partial charge in [-0.3, -0.25) is 10.5 Å². The molecule has 3 saturated carbocycles. The average molecular weight is 720 g/mol. The summed E-state index contributed by atoms with van der Waals surface area (Å²) in [6.07, 6.45) is 10.0. The lowest BCUT2D eigenvalue weighted by Gasteiger charge is -2.64. The van der Waals surface area contributed by atoms with Gasteiger partial charge in [-0.25, -0.2) is 0 Å². The summed E-state index contributed by atoms with van der Waals surface area (Å²) in [6.45, 7) is 10.5. The van der Waals surface area contributed by atoms with Crippen LogP contribution in [0.5, 0.6) is 0 Å². The van der Waals surface area contributed by atoms with E-state index in [2.05, 4.69) is 38.5 Å². The van der Waals surface area contributed by atoms with Crippen molar-refractivity contribution in [2.24, 2.45) is 58.0 Å². The Hall–Kier alpha value is -0.950. The van der Waals surface area contributed by atoms with Crippen molar-refractivity contribution in [2.75, 3.05) is 26.7 Å². The molecular weight excluding hydrogens is 646 g/mol. The summed E-state index contributed by atoms with van der Waals surface area (Å²) in [5.41, 5.74) is 2.73. The van der Waals surface area contributed by atoms with Gasteiger partial charge in [0.15, 0.2) is 5.78 Å². The summed E-state index contributed by atoms with van der Waals surface area (Å²) >= 11 is 0. The molecule has 10 nitrogen and oxygen atoms in total. The molecule has 6 aliphatic rings. The van der Waals surface area contributed by atoms with E-state index in [0.29, 0.717) is 44.1 Å². The third kappa shape index (κ3) is 6.83. The average Bonchev–Trinajstić information content (AvgIpc) is 3.59. The van der Waals surface area contributed by atoms with Crippen LogP contribution in [0.3, 0.4) is 0 Å². The summed E-state index contributed by atoms with van der Waals surface area (Å²) in [7, 11) is 2.06. The fourth-order valence-corrected chi connectivity index (χ4v) is 13.1. The number of hydrogen-bond acceptors (Lipinski definition) is 8. The fraction of sp³-hybridized carbons (Fsp3) is 0.927. The summed E-state index contributed by atoms with van der Waals surface area (Å²) < 4.78 is 6.28. The van der Waals surface area contributed by atoms with Crippen molar-refractivity contribution in [3.63, 3.8) is 0 Å². The van der Waals surface area contributed by atoms with E-state index in [1.54, 1.807) is 13.0 Å². The van der Waals surface area contributed by atoms with Gasteiger partial charge < -0.3 is 40.9 Å². The smallest absolute Gasteiger partial charge is 0.159 e. The largest absolute Gasteiger partial charge is 0.390 e. The lowest BCUT2D eigenvalue weighted by atomic mass is 9.41. The van der Waals surface area contributed by atoms with Crippen LogP contribution >= 0.6 is 0 Å². The molecule has 0 aromatic rings. The van der Waals surface area contributed by atoms with Crippen molar-refractivity contribution >= 4 is 5.78 Å². The lowest BCUT2D eigenvalue weighted by Crippen LogP contribution is -2.95. The van der Waals surface area contributed by atoms with Crippen molar-refractivity contribution in [1.29, 1.82) is 0 Å². The number of fused-ring (bicyclic) bond motifs is 5. The molecule has 16 atom stereocenters. The van der Waals surface area contributed by atoms with Gasteiger partial charge in [-0.15, -0.1) is 0 Å². The Bertz CT molecular complexity index is 1260. The highest BCUT2D eigenvalue weighted by atomic mass is 16.5. The Morgan fingerprint density at radius 2 is 1.88 bits per heavy atom. The minimum absolute atomic E-state index is 0.0465. The molecule has 5 fully saturated rings. The zero-order valence-electron chi connectivity index (χ0n) is 32.3. The molecule has 4 aliphatic carbocycles. The maximum Gasteiger partial charge on any atom is 0.159 e. The van der Waals surface area contributed by atoms with Gasteiger partial charge in [0.2, 0.25) is 0 Å². The van der Waals surface area contributed by atoms with Crippen molar-refractivity contribution in [1.82, 2.24) is 0 Å². The van der Waals surface area contributed by atoms with Gasteiger partial charge in [0.05, 0.1) is 56.3 Å².